The van der Waals surface area contributed by atoms with Crippen molar-refractivity contribution in [1.29, 1.82) is 0 Å². The summed E-state index contributed by atoms with van der Waals surface area (Å²) in [5.41, 5.74) is 0. The molecule has 0 spiro atoms. The van der Waals surface area contributed by atoms with Gasteiger partial charge in [-0.05, 0) is 6.08 Å². The van der Waals surface area contributed by atoms with E-state index in [2.05, 4.69) is 16.1 Å². The van der Waals surface area contributed by atoms with Crippen LogP contribution in [0.3, 0.4) is 0 Å². The maximum atomic E-state index is 3.81. The average molecular weight is 93.1 g/mol. The van der Waals surface area contributed by atoms with Crippen molar-refractivity contribution >= 4 is 12.1 Å². The summed E-state index contributed by atoms with van der Waals surface area (Å²) in [5, 5.41) is 0. The van der Waals surface area contributed by atoms with Gasteiger partial charge in [-0.25, -0.2) is 4.99 Å². The number of aliphatic imine (C=N–C) groups is 2. The summed E-state index contributed by atoms with van der Waals surface area (Å²) in [7, 11) is 1.69. The quantitative estimate of drug-likeness (QED) is 0.415. The molecule has 0 aliphatic carbocycles. The lowest BCUT2D eigenvalue weighted by molar-refractivity contribution is 1.42. The number of allylic oxidation sites excluding steroid dienone is 1. The maximum absolute atomic E-state index is 3.81. The van der Waals surface area contributed by atoms with Crippen molar-refractivity contribution in [2.75, 3.05) is 7.05 Å². The third kappa shape index (κ3) is 0.738. The van der Waals surface area contributed by atoms with Crippen LogP contribution in [-0.4, -0.2) is 19.1 Å². The first-order chi connectivity index (χ1) is 3.43. The lowest BCUT2D eigenvalue weighted by atomic mass is 10.5. The van der Waals surface area contributed by atoms with E-state index in [9.17, 15) is 0 Å². The van der Waals surface area contributed by atoms with Crippen LogP contribution in [0.15, 0.2) is 16.1 Å². The van der Waals surface area contributed by atoms with Gasteiger partial charge in [-0.2, -0.15) is 0 Å². The largest absolute Gasteiger partial charge is 0.270 e. The van der Waals surface area contributed by atoms with E-state index in [1.165, 1.54) is 0 Å². The second-order valence-corrected chi connectivity index (χ2v) is 1.14. The highest BCUT2D eigenvalue weighted by molar-refractivity contribution is 6.03. The van der Waals surface area contributed by atoms with Gasteiger partial charge in [0.05, 0.1) is 0 Å². The van der Waals surface area contributed by atoms with E-state index in [0.717, 1.165) is 0 Å². The second-order valence-electron chi connectivity index (χ2n) is 1.14. The molecule has 0 aromatic rings. The monoisotopic (exact) mass is 93.0 g/mol. The van der Waals surface area contributed by atoms with E-state index in [1.807, 2.05) is 0 Å². The van der Waals surface area contributed by atoms with Crippen LogP contribution in [0.4, 0.5) is 0 Å². The van der Waals surface area contributed by atoms with Gasteiger partial charge in [0.2, 0.25) is 0 Å². The molecule has 2 heteroatoms. The SMILES string of the molecule is CN=C1[C]=CC=N1. The number of hydrogen-bond donors (Lipinski definition) is 0. The van der Waals surface area contributed by atoms with Gasteiger partial charge in [0.1, 0.15) is 0 Å². The fourth-order valence-electron chi connectivity index (χ4n) is 0.379. The molecule has 1 aliphatic heterocycles. The van der Waals surface area contributed by atoms with Crippen molar-refractivity contribution in [1.82, 2.24) is 0 Å². The molecule has 0 fully saturated rings. The first-order valence-electron chi connectivity index (χ1n) is 2.02. The van der Waals surface area contributed by atoms with Crippen LogP contribution in [0.25, 0.3) is 0 Å². The molecule has 1 radical (unpaired) electrons. The fourth-order valence-corrected chi connectivity index (χ4v) is 0.379. The Bertz CT molecular complexity index is 128. The van der Waals surface area contributed by atoms with E-state index in [0.29, 0.717) is 5.84 Å². The van der Waals surface area contributed by atoms with Gasteiger partial charge >= 0.3 is 0 Å². The van der Waals surface area contributed by atoms with E-state index in [-0.39, 0.29) is 0 Å². The molecule has 0 amide bonds. The lowest BCUT2D eigenvalue weighted by Gasteiger charge is -1.76. The summed E-state index contributed by atoms with van der Waals surface area (Å²) in [6.45, 7) is 0. The molecule has 0 atom stereocenters. The number of nitrogens with zero attached hydrogens (tertiary/aromatic N) is 2. The number of amidine groups is 1. The van der Waals surface area contributed by atoms with Gasteiger partial charge in [0.25, 0.3) is 0 Å². The first-order valence-corrected chi connectivity index (χ1v) is 2.02. The highest BCUT2D eigenvalue weighted by atomic mass is 14.9. The third-order valence-corrected chi connectivity index (χ3v) is 0.696. The number of rotatable bonds is 0. The smallest absolute Gasteiger partial charge is 0.155 e. The Kier molecular flexibility index (Phi) is 1.02. The van der Waals surface area contributed by atoms with Crippen molar-refractivity contribution < 1.29 is 0 Å². The zero-order valence-corrected chi connectivity index (χ0v) is 4.05. The second kappa shape index (κ2) is 1.69. The highest BCUT2D eigenvalue weighted by Gasteiger charge is 1.89. The van der Waals surface area contributed by atoms with Crippen LogP contribution in [0.1, 0.15) is 0 Å². The normalized spacial score (nSPS) is 22.1. The summed E-state index contributed by atoms with van der Waals surface area (Å²) < 4.78 is 0. The van der Waals surface area contributed by atoms with Crippen LogP contribution in [0, 0.1) is 6.08 Å². The van der Waals surface area contributed by atoms with Crippen molar-refractivity contribution in [3.05, 3.63) is 12.2 Å². The molecule has 0 bridgehead atoms. The predicted molar refractivity (Wildman–Crippen MR) is 29.7 cm³/mol. The van der Waals surface area contributed by atoms with E-state index in [4.69, 9.17) is 0 Å². The molecule has 0 unspecified atom stereocenters. The molecule has 1 heterocycles. The van der Waals surface area contributed by atoms with Crippen molar-refractivity contribution in [3.63, 3.8) is 0 Å². The van der Waals surface area contributed by atoms with Gasteiger partial charge in [0, 0.05) is 19.3 Å². The Morgan fingerprint density at radius 1 is 1.86 bits per heavy atom. The summed E-state index contributed by atoms with van der Waals surface area (Å²) in [5.74, 6) is 0.681. The van der Waals surface area contributed by atoms with Crippen molar-refractivity contribution in [2.45, 2.75) is 0 Å². The summed E-state index contributed by atoms with van der Waals surface area (Å²) in [6.07, 6.45) is 6.22. The minimum atomic E-state index is 0.681. The lowest BCUT2D eigenvalue weighted by Crippen LogP contribution is -1.80. The van der Waals surface area contributed by atoms with Gasteiger partial charge in [-0.3, -0.25) is 4.99 Å². The van der Waals surface area contributed by atoms with Gasteiger partial charge in [-0.1, -0.05) is 0 Å². The van der Waals surface area contributed by atoms with Gasteiger partial charge in [-0.15, -0.1) is 0 Å². The van der Waals surface area contributed by atoms with E-state index in [1.54, 1.807) is 19.3 Å². The molecule has 2 nitrogen and oxygen atoms in total. The van der Waals surface area contributed by atoms with Crippen LogP contribution in [0.5, 0.6) is 0 Å². The zero-order valence-electron chi connectivity index (χ0n) is 4.05. The molecular formula is C5H5N2. The van der Waals surface area contributed by atoms with Gasteiger partial charge < -0.3 is 0 Å². The van der Waals surface area contributed by atoms with Crippen LogP contribution in [0.2, 0.25) is 0 Å². The average Bonchev–Trinajstić information content (AvgIpc) is 2.14. The first kappa shape index (κ1) is 4.24. The molecule has 1 aliphatic rings. The Morgan fingerprint density at radius 2 is 2.71 bits per heavy atom. The molecular weight excluding hydrogens is 88.1 g/mol. The summed E-state index contributed by atoms with van der Waals surface area (Å²) in [6, 6.07) is 0. The maximum Gasteiger partial charge on any atom is 0.155 e. The molecule has 35 valence electrons. The van der Waals surface area contributed by atoms with Crippen LogP contribution < -0.4 is 0 Å². The van der Waals surface area contributed by atoms with Crippen molar-refractivity contribution in [2.24, 2.45) is 9.98 Å². The molecule has 0 aromatic heterocycles. The van der Waals surface area contributed by atoms with Crippen LogP contribution >= 0.6 is 0 Å². The van der Waals surface area contributed by atoms with E-state index < -0.39 is 0 Å². The Balaban J connectivity index is 2.79. The predicted octanol–water partition coefficient (Wildman–Crippen LogP) is 0.458. The molecule has 7 heavy (non-hydrogen) atoms. The fraction of sp³-hybridized carbons (Fsp3) is 0.200. The number of hydrogen-bond acceptors (Lipinski definition) is 1. The molecule has 0 aromatic carbocycles. The van der Waals surface area contributed by atoms with E-state index >= 15 is 0 Å². The minimum absolute atomic E-state index is 0.681. The zero-order chi connectivity index (χ0) is 5.11. The standard InChI is InChI=1S/C5H5N2/c1-6-5-3-2-4-7-5/h2,4H,1H3. The minimum Gasteiger partial charge on any atom is -0.270 e. The Hall–Kier alpha value is -0.920. The highest BCUT2D eigenvalue weighted by Crippen LogP contribution is 1.86. The summed E-state index contributed by atoms with van der Waals surface area (Å²) in [4.78, 5) is 7.58. The molecule has 0 saturated carbocycles. The van der Waals surface area contributed by atoms with Crippen molar-refractivity contribution in [3.8, 4) is 0 Å². The molecule has 1 rings (SSSR count). The Morgan fingerprint density at radius 3 is 3.00 bits per heavy atom. The van der Waals surface area contributed by atoms with Gasteiger partial charge in [0.15, 0.2) is 5.84 Å². The molecule has 0 N–H and O–H groups in total. The topological polar surface area (TPSA) is 24.7 Å². The summed E-state index contributed by atoms with van der Waals surface area (Å²) >= 11 is 0. The molecule has 0 saturated heterocycles. The third-order valence-electron chi connectivity index (χ3n) is 0.696. The van der Waals surface area contributed by atoms with Crippen LogP contribution in [-0.2, 0) is 0 Å². The Labute approximate surface area is 42.3 Å².